The summed E-state index contributed by atoms with van der Waals surface area (Å²) in [5.41, 5.74) is 0.254. The molecule has 144 valence electrons. The molecule has 0 fully saturated rings. The summed E-state index contributed by atoms with van der Waals surface area (Å²) in [7, 11) is 1.49. The molecule has 0 aliphatic rings. The highest BCUT2D eigenvalue weighted by molar-refractivity contribution is 6.44. The van der Waals surface area contributed by atoms with Gasteiger partial charge in [0, 0.05) is 0 Å². The predicted octanol–water partition coefficient (Wildman–Crippen LogP) is 4.60. The van der Waals surface area contributed by atoms with Crippen LogP contribution in [-0.2, 0) is 14.3 Å². The molecule has 27 heavy (non-hydrogen) atoms. The van der Waals surface area contributed by atoms with Crippen LogP contribution >= 0.6 is 34.8 Å². The third kappa shape index (κ3) is 5.92. The van der Waals surface area contributed by atoms with Crippen LogP contribution in [0, 0.1) is 0 Å². The third-order valence-electron chi connectivity index (χ3n) is 3.36. The Bertz CT molecular complexity index is 844. The molecule has 0 saturated carbocycles. The second-order valence-electron chi connectivity index (χ2n) is 5.31. The molecule has 1 N–H and O–H groups in total. The molecule has 2 aromatic carbocycles. The molecule has 0 aliphatic heterocycles. The Labute approximate surface area is 171 Å². The van der Waals surface area contributed by atoms with E-state index in [1.807, 2.05) is 0 Å². The number of halogens is 3. The van der Waals surface area contributed by atoms with Crippen LogP contribution in [0.1, 0.15) is 6.92 Å². The molecule has 2 rings (SSSR count). The quantitative estimate of drug-likeness (QED) is 0.511. The van der Waals surface area contributed by atoms with Crippen molar-refractivity contribution in [2.24, 2.45) is 0 Å². The molecule has 0 aromatic heterocycles. The van der Waals surface area contributed by atoms with Crippen LogP contribution < -0.4 is 14.8 Å². The Balaban J connectivity index is 1.90. The second kappa shape index (κ2) is 9.69. The first-order chi connectivity index (χ1) is 12.8. The minimum absolute atomic E-state index is 0.204. The Morgan fingerprint density at radius 3 is 2.33 bits per heavy atom. The van der Waals surface area contributed by atoms with Gasteiger partial charge < -0.3 is 19.5 Å². The average Bonchev–Trinajstić information content (AvgIpc) is 2.64. The number of methoxy groups -OCH3 is 1. The van der Waals surface area contributed by atoms with Gasteiger partial charge in [0.15, 0.2) is 24.2 Å². The van der Waals surface area contributed by atoms with E-state index in [0.717, 1.165) is 0 Å². The van der Waals surface area contributed by atoms with Crippen molar-refractivity contribution in [2.75, 3.05) is 19.0 Å². The Hall–Kier alpha value is -2.15. The standard InChI is InChI=1S/C18H16Cl3NO5/c1-10(18(24)22-14-8-12(20)11(19)7-13(14)21)27-17(23)9-26-16-6-4-3-5-15(16)25-2/h3-8,10H,9H2,1-2H3,(H,22,24). The molecular weight excluding hydrogens is 417 g/mol. The fraction of sp³-hybridized carbons (Fsp3) is 0.222. The van der Waals surface area contributed by atoms with Crippen LogP contribution in [0.5, 0.6) is 11.5 Å². The zero-order valence-electron chi connectivity index (χ0n) is 14.4. The van der Waals surface area contributed by atoms with E-state index in [0.29, 0.717) is 11.5 Å². The summed E-state index contributed by atoms with van der Waals surface area (Å²) in [6.07, 6.45) is -1.08. The minimum atomic E-state index is -1.08. The Morgan fingerprint density at radius 1 is 1.04 bits per heavy atom. The number of carbonyl (C=O) groups excluding carboxylic acids is 2. The lowest BCUT2D eigenvalue weighted by Gasteiger charge is -2.15. The molecule has 0 saturated heterocycles. The first-order valence-corrected chi connectivity index (χ1v) is 8.86. The second-order valence-corrected chi connectivity index (χ2v) is 6.53. The lowest BCUT2D eigenvalue weighted by Crippen LogP contribution is -2.31. The van der Waals surface area contributed by atoms with Gasteiger partial charge in [-0.25, -0.2) is 4.79 Å². The van der Waals surface area contributed by atoms with Gasteiger partial charge in [-0.3, -0.25) is 4.79 Å². The van der Waals surface area contributed by atoms with E-state index >= 15 is 0 Å². The number of para-hydroxylation sites is 2. The lowest BCUT2D eigenvalue weighted by atomic mass is 10.3. The SMILES string of the molecule is COc1ccccc1OCC(=O)OC(C)C(=O)Nc1cc(Cl)c(Cl)cc1Cl. The van der Waals surface area contributed by atoms with Crippen LogP contribution in [0.15, 0.2) is 36.4 Å². The summed E-state index contributed by atoms with van der Waals surface area (Å²) in [5.74, 6) is -0.438. The molecule has 0 radical (unpaired) electrons. The van der Waals surface area contributed by atoms with Crippen LogP contribution in [0.25, 0.3) is 0 Å². The van der Waals surface area contributed by atoms with Crippen molar-refractivity contribution in [1.82, 2.24) is 0 Å². The summed E-state index contributed by atoms with van der Waals surface area (Å²) < 4.78 is 15.5. The predicted molar refractivity (Wildman–Crippen MR) is 104 cm³/mol. The van der Waals surface area contributed by atoms with E-state index in [9.17, 15) is 9.59 Å². The molecule has 2 aromatic rings. The summed E-state index contributed by atoms with van der Waals surface area (Å²) in [6, 6.07) is 9.65. The fourth-order valence-corrected chi connectivity index (χ4v) is 2.61. The number of anilines is 1. The molecule has 9 heteroatoms. The van der Waals surface area contributed by atoms with Crippen LogP contribution in [0.3, 0.4) is 0 Å². The molecule has 1 amide bonds. The zero-order chi connectivity index (χ0) is 20.0. The molecule has 0 aliphatic carbocycles. The largest absolute Gasteiger partial charge is 0.493 e. The van der Waals surface area contributed by atoms with Crippen molar-refractivity contribution in [3.05, 3.63) is 51.5 Å². The molecule has 1 atom stereocenters. The van der Waals surface area contributed by atoms with Gasteiger partial charge in [0.2, 0.25) is 0 Å². The summed E-state index contributed by atoms with van der Waals surface area (Å²) in [4.78, 5) is 24.1. The molecule has 0 heterocycles. The highest BCUT2D eigenvalue weighted by atomic mass is 35.5. The number of nitrogens with one attached hydrogen (secondary N) is 1. The van der Waals surface area contributed by atoms with Crippen molar-refractivity contribution in [2.45, 2.75) is 13.0 Å². The van der Waals surface area contributed by atoms with E-state index in [2.05, 4.69) is 5.32 Å². The maximum atomic E-state index is 12.2. The van der Waals surface area contributed by atoms with Crippen molar-refractivity contribution in [3.8, 4) is 11.5 Å². The summed E-state index contributed by atoms with van der Waals surface area (Å²) in [5, 5.41) is 3.21. The number of ether oxygens (including phenoxy) is 3. The van der Waals surface area contributed by atoms with Gasteiger partial charge in [0.25, 0.3) is 5.91 Å². The fourth-order valence-electron chi connectivity index (χ4n) is 2.01. The van der Waals surface area contributed by atoms with Gasteiger partial charge in [0.05, 0.1) is 27.9 Å². The summed E-state index contributed by atoms with van der Waals surface area (Å²) >= 11 is 17.7. The maximum Gasteiger partial charge on any atom is 0.344 e. The average molecular weight is 433 g/mol. The van der Waals surface area contributed by atoms with E-state index in [1.54, 1.807) is 24.3 Å². The van der Waals surface area contributed by atoms with Gasteiger partial charge in [-0.15, -0.1) is 0 Å². The molecular formula is C18H16Cl3NO5. The normalized spacial score (nSPS) is 11.4. The number of carbonyl (C=O) groups is 2. The van der Waals surface area contributed by atoms with Gasteiger partial charge in [-0.1, -0.05) is 46.9 Å². The molecule has 0 spiro atoms. The van der Waals surface area contributed by atoms with Crippen molar-refractivity contribution in [3.63, 3.8) is 0 Å². The zero-order valence-corrected chi connectivity index (χ0v) is 16.7. The first kappa shape index (κ1) is 21.2. The van der Waals surface area contributed by atoms with E-state index in [-0.39, 0.29) is 27.4 Å². The van der Waals surface area contributed by atoms with Gasteiger partial charge >= 0.3 is 5.97 Å². The number of benzene rings is 2. The molecule has 6 nitrogen and oxygen atoms in total. The first-order valence-electron chi connectivity index (χ1n) is 7.72. The van der Waals surface area contributed by atoms with Crippen molar-refractivity contribution in [1.29, 1.82) is 0 Å². The number of rotatable bonds is 7. The number of hydrogen-bond donors (Lipinski definition) is 1. The van der Waals surface area contributed by atoms with E-state index in [4.69, 9.17) is 49.0 Å². The van der Waals surface area contributed by atoms with E-state index in [1.165, 1.54) is 26.2 Å². The summed E-state index contributed by atoms with van der Waals surface area (Å²) in [6.45, 7) is 1.04. The van der Waals surface area contributed by atoms with Crippen molar-refractivity contribution >= 4 is 52.4 Å². The third-order valence-corrected chi connectivity index (χ3v) is 4.39. The smallest absolute Gasteiger partial charge is 0.344 e. The molecule has 1 unspecified atom stereocenters. The Morgan fingerprint density at radius 2 is 1.67 bits per heavy atom. The molecule has 0 bridgehead atoms. The highest BCUT2D eigenvalue weighted by Gasteiger charge is 2.20. The van der Waals surface area contributed by atoms with Gasteiger partial charge in [-0.2, -0.15) is 0 Å². The number of esters is 1. The minimum Gasteiger partial charge on any atom is -0.493 e. The van der Waals surface area contributed by atoms with Gasteiger partial charge in [0.1, 0.15) is 0 Å². The number of amides is 1. The maximum absolute atomic E-state index is 12.2. The van der Waals surface area contributed by atoms with Crippen LogP contribution in [0.4, 0.5) is 5.69 Å². The van der Waals surface area contributed by atoms with E-state index < -0.39 is 18.0 Å². The van der Waals surface area contributed by atoms with Gasteiger partial charge in [-0.05, 0) is 31.2 Å². The van der Waals surface area contributed by atoms with Crippen LogP contribution in [0.2, 0.25) is 15.1 Å². The van der Waals surface area contributed by atoms with Crippen LogP contribution in [-0.4, -0.2) is 31.7 Å². The Kier molecular flexibility index (Phi) is 7.59. The number of hydrogen-bond acceptors (Lipinski definition) is 5. The highest BCUT2D eigenvalue weighted by Crippen LogP contribution is 2.32. The lowest BCUT2D eigenvalue weighted by molar-refractivity contribution is -0.155. The van der Waals surface area contributed by atoms with Crippen molar-refractivity contribution < 1.29 is 23.8 Å². The monoisotopic (exact) mass is 431 g/mol. The topological polar surface area (TPSA) is 73.9 Å².